The molecule has 0 unspecified atom stereocenters. The minimum atomic E-state index is -0.125. The van der Waals surface area contributed by atoms with Crippen LogP contribution < -0.4 is 0 Å². The van der Waals surface area contributed by atoms with E-state index in [1.165, 1.54) is 0 Å². The molecule has 0 aliphatic rings. The van der Waals surface area contributed by atoms with E-state index in [2.05, 4.69) is 4.98 Å². The lowest BCUT2D eigenvalue weighted by molar-refractivity contribution is 0.282. The lowest BCUT2D eigenvalue weighted by atomic mass is 10.2. The summed E-state index contributed by atoms with van der Waals surface area (Å²) in [6.45, 7) is -0.125. The number of aromatic nitrogens is 1. The Labute approximate surface area is 109 Å². The third kappa shape index (κ3) is 1.88. The first-order chi connectivity index (χ1) is 8.78. The molecular weight excluding hydrogens is 250 g/mol. The van der Waals surface area contributed by atoms with Gasteiger partial charge in [0.15, 0.2) is 5.58 Å². The van der Waals surface area contributed by atoms with Gasteiger partial charge in [0.1, 0.15) is 5.52 Å². The van der Waals surface area contributed by atoms with Gasteiger partial charge in [-0.15, -0.1) is 0 Å². The number of aliphatic hydroxyl groups excluding tert-OH is 1. The third-order valence-corrected chi connectivity index (χ3v) is 2.94. The molecule has 0 atom stereocenters. The van der Waals surface area contributed by atoms with Crippen molar-refractivity contribution in [2.45, 2.75) is 6.61 Å². The van der Waals surface area contributed by atoms with Gasteiger partial charge in [-0.2, -0.15) is 0 Å². The number of hydrogen-bond donors (Lipinski definition) is 1. The average Bonchev–Trinajstić information content (AvgIpc) is 2.82. The van der Waals surface area contributed by atoms with E-state index < -0.39 is 0 Å². The maximum atomic E-state index is 9.29. The van der Waals surface area contributed by atoms with Crippen molar-refractivity contribution < 1.29 is 9.52 Å². The summed E-state index contributed by atoms with van der Waals surface area (Å²) < 4.78 is 5.70. The molecule has 1 aromatic heterocycles. The maximum absolute atomic E-state index is 9.29. The molecule has 0 saturated heterocycles. The molecule has 1 heterocycles. The molecule has 0 amide bonds. The van der Waals surface area contributed by atoms with Crippen molar-refractivity contribution in [3.63, 3.8) is 0 Å². The van der Waals surface area contributed by atoms with Gasteiger partial charge in [0.25, 0.3) is 0 Å². The number of fused-ring (bicyclic) bond motifs is 1. The Kier molecular flexibility index (Phi) is 2.78. The molecule has 4 heteroatoms. The SMILES string of the molecule is OCc1cc(Cl)cc2nc(-c3ccccc3)oc12. The van der Waals surface area contributed by atoms with E-state index in [0.29, 0.717) is 27.6 Å². The highest BCUT2D eigenvalue weighted by atomic mass is 35.5. The number of oxazole rings is 1. The van der Waals surface area contributed by atoms with Crippen molar-refractivity contribution in [2.24, 2.45) is 0 Å². The van der Waals surface area contributed by atoms with Crippen molar-refractivity contribution in [3.8, 4) is 11.5 Å². The van der Waals surface area contributed by atoms with Crippen LogP contribution in [0.3, 0.4) is 0 Å². The number of hydrogen-bond acceptors (Lipinski definition) is 3. The highest BCUT2D eigenvalue weighted by Crippen LogP contribution is 2.29. The van der Waals surface area contributed by atoms with Crippen molar-refractivity contribution in [1.82, 2.24) is 4.98 Å². The van der Waals surface area contributed by atoms with Crippen LogP contribution in [0.15, 0.2) is 46.9 Å². The van der Waals surface area contributed by atoms with Gasteiger partial charge < -0.3 is 9.52 Å². The molecule has 90 valence electrons. The minimum absolute atomic E-state index is 0.125. The Hall–Kier alpha value is -1.84. The molecular formula is C14H10ClNO2. The smallest absolute Gasteiger partial charge is 0.227 e. The second-order valence-electron chi connectivity index (χ2n) is 3.96. The van der Waals surface area contributed by atoms with Gasteiger partial charge in [0.2, 0.25) is 5.89 Å². The summed E-state index contributed by atoms with van der Waals surface area (Å²) >= 11 is 5.97. The monoisotopic (exact) mass is 259 g/mol. The average molecular weight is 260 g/mol. The van der Waals surface area contributed by atoms with E-state index in [4.69, 9.17) is 16.0 Å². The van der Waals surface area contributed by atoms with Gasteiger partial charge in [-0.05, 0) is 24.3 Å². The Morgan fingerprint density at radius 1 is 1.17 bits per heavy atom. The highest BCUT2D eigenvalue weighted by Gasteiger charge is 2.12. The fraction of sp³-hybridized carbons (Fsp3) is 0.0714. The molecule has 1 N–H and O–H groups in total. The Balaban J connectivity index is 2.23. The Bertz CT molecular complexity index is 692. The molecule has 0 spiro atoms. The molecule has 0 radical (unpaired) electrons. The van der Waals surface area contributed by atoms with Crippen LogP contribution in [0.2, 0.25) is 5.02 Å². The van der Waals surface area contributed by atoms with Crippen LogP contribution in [0.1, 0.15) is 5.56 Å². The van der Waals surface area contributed by atoms with Crippen LogP contribution in [0.4, 0.5) is 0 Å². The molecule has 0 fully saturated rings. The summed E-state index contributed by atoms with van der Waals surface area (Å²) in [7, 11) is 0. The normalized spacial score (nSPS) is 11.0. The zero-order chi connectivity index (χ0) is 12.5. The van der Waals surface area contributed by atoms with Crippen molar-refractivity contribution >= 4 is 22.7 Å². The minimum Gasteiger partial charge on any atom is -0.436 e. The van der Waals surface area contributed by atoms with Crippen LogP contribution >= 0.6 is 11.6 Å². The van der Waals surface area contributed by atoms with Crippen molar-refractivity contribution in [2.75, 3.05) is 0 Å². The standard InChI is InChI=1S/C14H10ClNO2/c15-11-6-10(8-17)13-12(7-11)16-14(18-13)9-4-2-1-3-5-9/h1-7,17H,8H2. The molecule has 0 saturated carbocycles. The first-order valence-corrected chi connectivity index (χ1v) is 5.91. The third-order valence-electron chi connectivity index (χ3n) is 2.72. The molecule has 3 rings (SSSR count). The van der Waals surface area contributed by atoms with E-state index in [1.54, 1.807) is 12.1 Å². The fourth-order valence-corrected chi connectivity index (χ4v) is 2.12. The van der Waals surface area contributed by atoms with Gasteiger partial charge in [-0.25, -0.2) is 4.98 Å². The number of aliphatic hydroxyl groups is 1. The van der Waals surface area contributed by atoms with Gasteiger partial charge >= 0.3 is 0 Å². The van der Waals surface area contributed by atoms with E-state index in [0.717, 1.165) is 5.56 Å². The van der Waals surface area contributed by atoms with Gasteiger partial charge in [-0.1, -0.05) is 29.8 Å². The molecule has 0 aliphatic heterocycles. The van der Waals surface area contributed by atoms with E-state index in [1.807, 2.05) is 30.3 Å². The van der Waals surface area contributed by atoms with Gasteiger partial charge in [0.05, 0.1) is 6.61 Å². The first kappa shape index (κ1) is 11.3. The summed E-state index contributed by atoms with van der Waals surface area (Å²) in [5.41, 5.74) is 2.78. The molecule has 0 bridgehead atoms. The van der Waals surface area contributed by atoms with Crippen LogP contribution in [-0.4, -0.2) is 10.1 Å². The topological polar surface area (TPSA) is 46.3 Å². The van der Waals surface area contributed by atoms with Crippen LogP contribution in [0, 0.1) is 0 Å². The largest absolute Gasteiger partial charge is 0.436 e. The fourth-order valence-electron chi connectivity index (χ4n) is 1.89. The number of benzene rings is 2. The predicted octanol–water partition coefficient (Wildman–Crippen LogP) is 3.64. The van der Waals surface area contributed by atoms with E-state index in [-0.39, 0.29) is 6.61 Å². The maximum Gasteiger partial charge on any atom is 0.227 e. The zero-order valence-electron chi connectivity index (χ0n) is 9.43. The quantitative estimate of drug-likeness (QED) is 0.764. The predicted molar refractivity (Wildman–Crippen MR) is 70.4 cm³/mol. The summed E-state index contributed by atoms with van der Waals surface area (Å²) in [5.74, 6) is 0.530. The second-order valence-corrected chi connectivity index (χ2v) is 4.39. The molecule has 3 nitrogen and oxygen atoms in total. The van der Waals surface area contributed by atoms with Crippen molar-refractivity contribution in [1.29, 1.82) is 0 Å². The Morgan fingerprint density at radius 2 is 1.94 bits per heavy atom. The first-order valence-electron chi connectivity index (χ1n) is 5.53. The van der Waals surface area contributed by atoms with E-state index >= 15 is 0 Å². The summed E-state index contributed by atoms with van der Waals surface area (Å²) in [5, 5.41) is 9.83. The molecule has 3 aromatic rings. The zero-order valence-corrected chi connectivity index (χ0v) is 10.2. The van der Waals surface area contributed by atoms with E-state index in [9.17, 15) is 5.11 Å². The molecule has 2 aromatic carbocycles. The second kappa shape index (κ2) is 4.44. The van der Waals surface area contributed by atoms with Crippen LogP contribution in [0.5, 0.6) is 0 Å². The number of rotatable bonds is 2. The van der Waals surface area contributed by atoms with Gasteiger partial charge in [-0.3, -0.25) is 0 Å². The number of nitrogens with zero attached hydrogens (tertiary/aromatic N) is 1. The lowest BCUT2D eigenvalue weighted by Gasteiger charge is -1.97. The highest BCUT2D eigenvalue weighted by molar-refractivity contribution is 6.31. The summed E-state index contributed by atoms with van der Waals surface area (Å²) in [6, 6.07) is 13.0. The summed E-state index contributed by atoms with van der Waals surface area (Å²) in [4.78, 5) is 4.39. The van der Waals surface area contributed by atoms with Gasteiger partial charge in [0, 0.05) is 16.1 Å². The van der Waals surface area contributed by atoms with Crippen LogP contribution in [-0.2, 0) is 6.61 Å². The summed E-state index contributed by atoms with van der Waals surface area (Å²) in [6.07, 6.45) is 0. The lowest BCUT2D eigenvalue weighted by Crippen LogP contribution is -1.83. The van der Waals surface area contributed by atoms with Crippen LogP contribution in [0.25, 0.3) is 22.6 Å². The van der Waals surface area contributed by atoms with Crippen molar-refractivity contribution in [3.05, 3.63) is 53.1 Å². The molecule has 18 heavy (non-hydrogen) atoms. The Morgan fingerprint density at radius 3 is 2.67 bits per heavy atom. The number of halogens is 1. The molecule has 0 aliphatic carbocycles.